The van der Waals surface area contributed by atoms with E-state index < -0.39 is 0 Å². The normalized spacial score (nSPS) is 24.8. The number of nitrogens with one attached hydrogen (secondary N) is 1. The predicted molar refractivity (Wildman–Crippen MR) is 92.5 cm³/mol. The molecule has 1 N–H and O–H groups in total. The summed E-state index contributed by atoms with van der Waals surface area (Å²) in [6, 6.07) is 9.20. The minimum Gasteiger partial charge on any atom is -0.310 e. The monoisotopic (exact) mass is 287 g/mol. The van der Waals surface area contributed by atoms with Gasteiger partial charge in [0.15, 0.2) is 0 Å². The molecule has 21 heavy (non-hydrogen) atoms. The summed E-state index contributed by atoms with van der Waals surface area (Å²) < 4.78 is 0. The lowest BCUT2D eigenvalue weighted by Crippen LogP contribution is -2.31. The van der Waals surface area contributed by atoms with Gasteiger partial charge in [0.1, 0.15) is 0 Å². The first-order chi connectivity index (χ1) is 9.88. The van der Waals surface area contributed by atoms with E-state index in [0.29, 0.717) is 11.5 Å². The van der Waals surface area contributed by atoms with Crippen LogP contribution in [0.2, 0.25) is 0 Å². The van der Waals surface area contributed by atoms with E-state index in [0.717, 1.165) is 11.8 Å². The van der Waals surface area contributed by atoms with Gasteiger partial charge in [0.05, 0.1) is 0 Å². The number of hydrogen-bond acceptors (Lipinski definition) is 1. The van der Waals surface area contributed by atoms with Gasteiger partial charge in [-0.3, -0.25) is 0 Å². The molecule has 1 aromatic carbocycles. The zero-order valence-corrected chi connectivity index (χ0v) is 14.6. The number of rotatable bonds is 4. The van der Waals surface area contributed by atoms with Crippen molar-refractivity contribution in [3.63, 3.8) is 0 Å². The highest BCUT2D eigenvalue weighted by Gasteiger charge is 2.29. The van der Waals surface area contributed by atoms with Crippen LogP contribution in [0.3, 0.4) is 0 Å². The SMILES string of the molecule is Cc1ccccc1[C@@H](C)NCC1CCC(C(C)(C)C)CC1. The Morgan fingerprint density at radius 1 is 1.10 bits per heavy atom. The van der Waals surface area contributed by atoms with E-state index in [1.165, 1.54) is 43.4 Å². The van der Waals surface area contributed by atoms with Gasteiger partial charge < -0.3 is 5.32 Å². The standard InChI is InChI=1S/C20H33N/c1-15-8-6-7-9-19(15)16(2)21-14-17-10-12-18(13-11-17)20(3,4)5/h6-9,16-18,21H,10-14H2,1-5H3/t16-,17?,18?/m1/s1. The molecular weight excluding hydrogens is 254 g/mol. The third-order valence-electron chi connectivity index (χ3n) is 5.44. The van der Waals surface area contributed by atoms with Crippen LogP contribution in [0.25, 0.3) is 0 Å². The van der Waals surface area contributed by atoms with Crippen molar-refractivity contribution in [3.05, 3.63) is 35.4 Å². The van der Waals surface area contributed by atoms with Crippen molar-refractivity contribution in [3.8, 4) is 0 Å². The number of benzene rings is 1. The maximum atomic E-state index is 3.76. The van der Waals surface area contributed by atoms with Crippen molar-refractivity contribution in [2.45, 2.75) is 66.3 Å². The molecule has 1 aromatic rings. The van der Waals surface area contributed by atoms with Gasteiger partial charge in [-0.25, -0.2) is 0 Å². The van der Waals surface area contributed by atoms with E-state index >= 15 is 0 Å². The second-order valence-corrected chi connectivity index (χ2v) is 8.07. The Morgan fingerprint density at radius 2 is 1.71 bits per heavy atom. The molecule has 0 aromatic heterocycles. The Morgan fingerprint density at radius 3 is 2.29 bits per heavy atom. The summed E-state index contributed by atoms with van der Waals surface area (Å²) in [5.74, 6) is 1.79. The van der Waals surface area contributed by atoms with Crippen molar-refractivity contribution in [2.75, 3.05) is 6.54 Å². The van der Waals surface area contributed by atoms with Gasteiger partial charge >= 0.3 is 0 Å². The second-order valence-electron chi connectivity index (χ2n) is 8.07. The molecule has 118 valence electrons. The fourth-order valence-corrected chi connectivity index (χ4v) is 3.76. The Balaban J connectivity index is 1.79. The van der Waals surface area contributed by atoms with Crippen LogP contribution in [0.4, 0.5) is 0 Å². The third kappa shape index (κ3) is 4.57. The fraction of sp³-hybridized carbons (Fsp3) is 0.700. The minimum atomic E-state index is 0.464. The summed E-state index contributed by atoms with van der Waals surface area (Å²) in [4.78, 5) is 0. The molecule has 0 bridgehead atoms. The van der Waals surface area contributed by atoms with Gasteiger partial charge in [0, 0.05) is 6.04 Å². The van der Waals surface area contributed by atoms with Crippen LogP contribution in [0.1, 0.15) is 70.5 Å². The van der Waals surface area contributed by atoms with E-state index in [1.807, 2.05) is 0 Å². The Hall–Kier alpha value is -0.820. The average molecular weight is 287 g/mol. The summed E-state index contributed by atoms with van der Waals surface area (Å²) in [6.45, 7) is 12.9. The molecule has 0 spiro atoms. The lowest BCUT2D eigenvalue weighted by Gasteiger charge is -2.37. The molecule has 1 aliphatic rings. The lowest BCUT2D eigenvalue weighted by atomic mass is 9.70. The van der Waals surface area contributed by atoms with Gasteiger partial charge in [-0.05, 0) is 74.5 Å². The van der Waals surface area contributed by atoms with Crippen molar-refractivity contribution >= 4 is 0 Å². The summed E-state index contributed by atoms with van der Waals surface area (Å²) in [6.07, 6.45) is 5.62. The Labute approximate surface area is 131 Å². The molecule has 1 atom stereocenters. The molecule has 1 nitrogen and oxygen atoms in total. The van der Waals surface area contributed by atoms with Crippen LogP contribution >= 0.6 is 0 Å². The zero-order chi connectivity index (χ0) is 15.5. The van der Waals surface area contributed by atoms with Crippen LogP contribution in [-0.4, -0.2) is 6.54 Å². The largest absolute Gasteiger partial charge is 0.310 e. The predicted octanol–water partition coefficient (Wildman–Crippen LogP) is 5.50. The first-order valence-corrected chi connectivity index (χ1v) is 8.67. The molecule has 0 amide bonds. The highest BCUT2D eigenvalue weighted by Crippen LogP contribution is 2.39. The highest BCUT2D eigenvalue weighted by molar-refractivity contribution is 5.28. The lowest BCUT2D eigenvalue weighted by molar-refractivity contribution is 0.148. The average Bonchev–Trinajstić information content (AvgIpc) is 2.45. The summed E-state index contributed by atoms with van der Waals surface area (Å²) in [7, 11) is 0. The molecule has 1 heteroatoms. The van der Waals surface area contributed by atoms with Crippen LogP contribution in [0.15, 0.2) is 24.3 Å². The molecule has 1 fully saturated rings. The van der Waals surface area contributed by atoms with Crippen molar-refractivity contribution in [1.29, 1.82) is 0 Å². The first-order valence-electron chi connectivity index (χ1n) is 8.67. The molecule has 0 aliphatic heterocycles. The molecule has 0 saturated heterocycles. The minimum absolute atomic E-state index is 0.464. The van der Waals surface area contributed by atoms with Crippen LogP contribution in [0, 0.1) is 24.2 Å². The fourth-order valence-electron chi connectivity index (χ4n) is 3.76. The van der Waals surface area contributed by atoms with E-state index in [9.17, 15) is 0 Å². The third-order valence-corrected chi connectivity index (χ3v) is 5.44. The van der Waals surface area contributed by atoms with Crippen molar-refractivity contribution in [1.82, 2.24) is 5.32 Å². The molecule has 0 unspecified atom stereocenters. The smallest absolute Gasteiger partial charge is 0.0294 e. The van der Waals surface area contributed by atoms with Crippen molar-refractivity contribution in [2.24, 2.45) is 17.3 Å². The first kappa shape index (κ1) is 16.5. The van der Waals surface area contributed by atoms with E-state index in [4.69, 9.17) is 0 Å². The van der Waals surface area contributed by atoms with Gasteiger partial charge in [-0.15, -0.1) is 0 Å². The van der Waals surface area contributed by atoms with E-state index in [1.54, 1.807) is 0 Å². The molecule has 1 saturated carbocycles. The second kappa shape index (κ2) is 6.96. The molecule has 0 radical (unpaired) electrons. The van der Waals surface area contributed by atoms with E-state index in [-0.39, 0.29) is 0 Å². The van der Waals surface area contributed by atoms with Crippen molar-refractivity contribution < 1.29 is 0 Å². The van der Waals surface area contributed by atoms with Gasteiger partial charge in [0.2, 0.25) is 0 Å². The molecule has 1 aliphatic carbocycles. The Kier molecular flexibility index (Phi) is 5.48. The molecule has 2 rings (SSSR count). The van der Waals surface area contributed by atoms with E-state index in [2.05, 4.69) is 64.2 Å². The topological polar surface area (TPSA) is 12.0 Å². The quantitative estimate of drug-likeness (QED) is 0.771. The van der Waals surface area contributed by atoms with Crippen LogP contribution in [-0.2, 0) is 0 Å². The molecule has 0 heterocycles. The molecular formula is C20H33N. The zero-order valence-electron chi connectivity index (χ0n) is 14.6. The van der Waals surface area contributed by atoms with Crippen LogP contribution in [0.5, 0.6) is 0 Å². The van der Waals surface area contributed by atoms with Crippen LogP contribution < -0.4 is 5.32 Å². The van der Waals surface area contributed by atoms with Gasteiger partial charge in [-0.2, -0.15) is 0 Å². The summed E-state index contributed by atoms with van der Waals surface area (Å²) in [5.41, 5.74) is 3.34. The Bertz CT molecular complexity index is 435. The maximum Gasteiger partial charge on any atom is 0.0294 e. The number of aryl methyl sites for hydroxylation is 1. The number of hydrogen-bond donors (Lipinski definition) is 1. The van der Waals surface area contributed by atoms with Gasteiger partial charge in [-0.1, -0.05) is 45.0 Å². The highest BCUT2D eigenvalue weighted by atomic mass is 14.9. The van der Waals surface area contributed by atoms with Gasteiger partial charge in [0.25, 0.3) is 0 Å². The maximum absolute atomic E-state index is 3.76. The summed E-state index contributed by atoms with van der Waals surface area (Å²) >= 11 is 0. The summed E-state index contributed by atoms with van der Waals surface area (Å²) in [5, 5.41) is 3.76.